The molecule has 0 aromatic rings. The fraction of sp³-hybridized carbons (Fsp3) is 0.895. The fourth-order valence-electron chi connectivity index (χ4n) is 4.54. The van der Waals surface area contributed by atoms with Crippen LogP contribution in [0, 0.1) is 17.8 Å². The molecule has 0 aliphatic heterocycles. The van der Waals surface area contributed by atoms with Crippen LogP contribution in [0.5, 0.6) is 0 Å². The number of hydrogen-bond acceptors (Lipinski definition) is 2. The average molecular weight is 308 g/mol. The third kappa shape index (κ3) is 4.41. The van der Waals surface area contributed by atoms with E-state index in [2.05, 4.69) is 13.1 Å². The van der Waals surface area contributed by atoms with Gasteiger partial charge in [0.05, 0.1) is 12.0 Å². The predicted molar refractivity (Wildman–Crippen MR) is 90.4 cm³/mol. The lowest BCUT2D eigenvalue weighted by molar-refractivity contribution is -0.422. The van der Waals surface area contributed by atoms with Gasteiger partial charge in [0.1, 0.15) is 13.3 Å². The van der Waals surface area contributed by atoms with Crippen molar-refractivity contribution in [3.8, 4) is 0 Å². The zero-order valence-electron chi connectivity index (χ0n) is 14.7. The Morgan fingerprint density at radius 2 is 1.95 bits per heavy atom. The standard InChI is InChI=1S/C19H34NO2/c1-4-16(22-3)11-8-14-20(2)19(21)18-13-7-10-15-9-5-6-12-17(15)18/h14-18H,4-13H2,1-3H3/q+1. The van der Waals surface area contributed by atoms with E-state index >= 15 is 0 Å². The maximum atomic E-state index is 12.8. The number of hydrogen-bond donors (Lipinski definition) is 0. The van der Waals surface area contributed by atoms with Gasteiger partial charge in [0.25, 0.3) is 0 Å². The molecular weight excluding hydrogens is 274 g/mol. The van der Waals surface area contributed by atoms with Crippen molar-refractivity contribution >= 4 is 12.1 Å². The Labute approximate surface area is 136 Å². The number of amides is 1. The van der Waals surface area contributed by atoms with Crippen molar-refractivity contribution in [1.29, 1.82) is 0 Å². The second-order valence-electron chi connectivity index (χ2n) is 7.22. The average Bonchev–Trinajstić information content (AvgIpc) is 2.57. The lowest BCUT2D eigenvalue weighted by Crippen LogP contribution is -2.39. The first-order chi connectivity index (χ1) is 10.7. The van der Waals surface area contributed by atoms with Crippen molar-refractivity contribution in [3.63, 3.8) is 0 Å². The van der Waals surface area contributed by atoms with Gasteiger partial charge in [-0.1, -0.05) is 39.0 Å². The van der Waals surface area contributed by atoms with Gasteiger partial charge in [-0.3, -0.25) is 0 Å². The van der Waals surface area contributed by atoms with Crippen molar-refractivity contribution in [3.05, 3.63) is 0 Å². The van der Waals surface area contributed by atoms with Gasteiger partial charge in [-0.15, -0.1) is 0 Å². The van der Waals surface area contributed by atoms with E-state index in [0.717, 1.165) is 31.6 Å². The van der Waals surface area contributed by atoms with Gasteiger partial charge in [-0.05, 0) is 37.5 Å². The third-order valence-electron chi connectivity index (χ3n) is 5.92. The summed E-state index contributed by atoms with van der Waals surface area (Å²) in [5, 5.41) is 0. The molecule has 2 aliphatic rings. The molecule has 0 aromatic heterocycles. The second-order valence-corrected chi connectivity index (χ2v) is 7.22. The summed E-state index contributed by atoms with van der Waals surface area (Å²) < 4.78 is 7.28. The summed E-state index contributed by atoms with van der Waals surface area (Å²) in [5.74, 6) is 2.13. The molecule has 2 aliphatic carbocycles. The van der Waals surface area contributed by atoms with Crippen LogP contribution < -0.4 is 0 Å². The van der Waals surface area contributed by atoms with E-state index < -0.39 is 0 Å². The first kappa shape index (κ1) is 17.7. The third-order valence-corrected chi connectivity index (χ3v) is 5.92. The van der Waals surface area contributed by atoms with Gasteiger partial charge in [-0.2, -0.15) is 4.58 Å². The molecule has 0 N–H and O–H groups in total. The van der Waals surface area contributed by atoms with Crippen molar-refractivity contribution < 1.29 is 14.1 Å². The molecule has 2 fully saturated rings. The fourth-order valence-corrected chi connectivity index (χ4v) is 4.54. The van der Waals surface area contributed by atoms with Crippen LogP contribution in [0.15, 0.2) is 0 Å². The first-order valence-electron chi connectivity index (χ1n) is 9.30. The summed E-state index contributed by atoms with van der Waals surface area (Å²) >= 11 is 0. The quantitative estimate of drug-likeness (QED) is 0.547. The highest BCUT2D eigenvalue weighted by molar-refractivity contribution is 5.75. The van der Waals surface area contributed by atoms with Crippen LogP contribution in [0.25, 0.3) is 0 Å². The Hall–Kier alpha value is -0.700. The van der Waals surface area contributed by atoms with E-state index in [1.165, 1.54) is 38.5 Å². The van der Waals surface area contributed by atoms with E-state index in [0.29, 0.717) is 17.9 Å². The highest BCUT2D eigenvalue weighted by Crippen LogP contribution is 2.44. The molecule has 0 aromatic carbocycles. The Balaban J connectivity index is 1.91. The molecule has 126 valence electrons. The predicted octanol–water partition coefficient (Wildman–Crippen LogP) is 4.04. The van der Waals surface area contributed by atoms with Crippen molar-refractivity contribution in [2.24, 2.45) is 17.8 Å². The molecular formula is C19H34NO2+. The molecule has 22 heavy (non-hydrogen) atoms. The lowest BCUT2D eigenvalue weighted by atomic mass is 9.65. The van der Waals surface area contributed by atoms with Crippen LogP contribution in [0.1, 0.15) is 71.1 Å². The lowest BCUT2D eigenvalue weighted by Gasteiger charge is -2.39. The maximum Gasteiger partial charge on any atom is 0.389 e. The van der Waals surface area contributed by atoms with E-state index in [-0.39, 0.29) is 5.92 Å². The van der Waals surface area contributed by atoms with Crippen LogP contribution in [-0.4, -0.2) is 37.0 Å². The van der Waals surface area contributed by atoms with E-state index in [9.17, 15) is 4.79 Å². The summed E-state index contributed by atoms with van der Waals surface area (Å²) in [6, 6.07) is 0. The number of carbonyl (C=O) groups is 1. The smallest absolute Gasteiger partial charge is 0.381 e. The van der Waals surface area contributed by atoms with Crippen LogP contribution >= 0.6 is 0 Å². The molecule has 0 spiro atoms. The maximum absolute atomic E-state index is 12.8. The molecule has 0 radical (unpaired) electrons. The minimum absolute atomic E-state index is 0.282. The minimum Gasteiger partial charge on any atom is -0.381 e. The molecule has 0 heterocycles. The Morgan fingerprint density at radius 1 is 1.23 bits per heavy atom. The van der Waals surface area contributed by atoms with Gasteiger partial charge in [0.2, 0.25) is 0 Å². The van der Waals surface area contributed by atoms with Crippen LogP contribution in [0.4, 0.5) is 0 Å². The molecule has 3 heteroatoms. The van der Waals surface area contributed by atoms with Gasteiger partial charge < -0.3 is 4.74 Å². The van der Waals surface area contributed by atoms with Crippen LogP contribution in [-0.2, 0) is 9.53 Å². The van der Waals surface area contributed by atoms with E-state index in [1.54, 1.807) is 7.11 Å². The number of carbonyl (C=O) groups excluding carboxylic acids is 1. The summed E-state index contributed by atoms with van der Waals surface area (Å²) in [5.41, 5.74) is 0. The first-order valence-corrected chi connectivity index (χ1v) is 9.30. The van der Waals surface area contributed by atoms with Gasteiger partial charge in [0, 0.05) is 13.5 Å². The Kier molecular flexibility index (Phi) is 7.07. The molecule has 0 bridgehead atoms. The van der Waals surface area contributed by atoms with Gasteiger partial charge in [0.15, 0.2) is 0 Å². The SMILES string of the molecule is CCC(CCC=[N+](C)C(=O)C1CCCC2CCCCC21)OC. The number of methoxy groups -OCH3 is 1. The van der Waals surface area contributed by atoms with Gasteiger partial charge >= 0.3 is 5.91 Å². The molecule has 0 saturated heterocycles. The molecule has 2 rings (SSSR count). The van der Waals surface area contributed by atoms with Gasteiger partial charge in [-0.25, -0.2) is 4.79 Å². The highest BCUT2D eigenvalue weighted by Gasteiger charge is 2.41. The molecule has 1 amide bonds. The van der Waals surface area contributed by atoms with Crippen molar-refractivity contribution in [1.82, 2.24) is 0 Å². The highest BCUT2D eigenvalue weighted by atomic mass is 16.5. The number of nitrogens with zero attached hydrogens (tertiary/aromatic N) is 1. The summed E-state index contributed by atoms with van der Waals surface area (Å²) in [7, 11) is 3.72. The second kappa shape index (κ2) is 8.81. The number of fused-ring (bicyclic) bond motifs is 1. The normalized spacial score (nSPS) is 30.7. The molecule has 4 unspecified atom stereocenters. The van der Waals surface area contributed by atoms with Crippen LogP contribution in [0.3, 0.4) is 0 Å². The summed E-state index contributed by atoms with van der Waals surface area (Å²) in [4.78, 5) is 12.8. The largest absolute Gasteiger partial charge is 0.389 e. The monoisotopic (exact) mass is 308 g/mol. The summed E-state index contributed by atoms with van der Waals surface area (Å²) in [6.07, 6.45) is 14.4. The van der Waals surface area contributed by atoms with Crippen molar-refractivity contribution in [2.45, 2.75) is 77.2 Å². The number of ether oxygens (including phenoxy) is 1. The van der Waals surface area contributed by atoms with Crippen LogP contribution in [0.2, 0.25) is 0 Å². The molecule has 4 atom stereocenters. The zero-order valence-corrected chi connectivity index (χ0v) is 14.7. The topological polar surface area (TPSA) is 29.3 Å². The van der Waals surface area contributed by atoms with Crippen molar-refractivity contribution in [2.75, 3.05) is 14.2 Å². The Morgan fingerprint density at radius 3 is 2.68 bits per heavy atom. The minimum atomic E-state index is 0.282. The number of rotatable bonds is 6. The molecule has 3 nitrogen and oxygen atoms in total. The molecule has 2 saturated carbocycles. The zero-order chi connectivity index (χ0) is 15.9. The van der Waals surface area contributed by atoms with E-state index in [1.807, 2.05) is 11.6 Å². The Bertz CT molecular complexity index is 385. The summed E-state index contributed by atoms with van der Waals surface area (Å²) in [6.45, 7) is 2.15. The van der Waals surface area contributed by atoms with E-state index in [4.69, 9.17) is 4.74 Å².